The van der Waals surface area contributed by atoms with E-state index in [1.807, 2.05) is 18.2 Å². The van der Waals surface area contributed by atoms with Gasteiger partial charge in [0.1, 0.15) is 0 Å². The first-order valence-corrected chi connectivity index (χ1v) is 6.63. The molecular weight excluding hydrogens is 241 g/mol. The molecule has 1 nitrogen and oxygen atoms in total. The quantitative estimate of drug-likeness (QED) is 0.525. The third-order valence-corrected chi connectivity index (χ3v) is 3.21. The zero-order chi connectivity index (χ0) is 11.8. The van der Waals surface area contributed by atoms with E-state index >= 15 is 0 Å². The second-order valence-corrected chi connectivity index (χ2v) is 4.86. The number of hydrogen-bond donors (Lipinski definition) is 0. The molecule has 0 aromatic heterocycles. The number of rotatable bonds is 7. The van der Waals surface area contributed by atoms with Gasteiger partial charge in [-0.05, 0) is 38.1 Å². The van der Waals surface area contributed by atoms with Crippen LogP contribution in [0.25, 0.3) is 0 Å². The van der Waals surface area contributed by atoms with Gasteiger partial charge in [-0.15, -0.1) is 11.6 Å². The molecule has 0 aliphatic carbocycles. The SMILES string of the molecule is CN(CCCCCCl)Cc1ccccc1Cl. The minimum atomic E-state index is 0.772. The van der Waals surface area contributed by atoms with Gasteiger partial charge in [0.15, 0.2) is 0 Å². The van der Waals surface area contributed by atoms with Crippen LogP contribution in [-0.4, -0.2) is 24.4 Å². The van der Waals surface area contributed by atoms with Crippen molar-refractivity contribution < 1.29 is 0 Å². The molecule has 0 spiro atoms. The number of hydrogen-bond acceptors (Lipinski definition) is 1. The Morgan fingerprint density at radius 3 is 2.56 bits per heavy atom. The first-order chi connectivity index (χ1) is 7.74. The largest absolute Gasteiger partial charge is 0.302 e. The smallest absolute Gasteiger partial charge is 0.0451 e. The summed E-state index contributed by atoms with van der Waals surface area (Å²) in [6.07, 6.45) is 3.52. The van der Waals surface area contributed by atoms with Crippen molar-refractivity contribution in [2.75, 3.05) is 19.5 Å². The summed E-state index contributed by atoms with van der Waals surface area (Å²) >= 11 is 11.7. The molecule has 0 radical (unpaired) electrons. The van der Waals surface area contributed by atoms with Gasteiger partial charge in [0.25, 0.3) is 0 Å². The Kier molecular flexibility index (Phi) is 6.86. The molecule has 1 aromatic carbocycles. The summed E-state index contributed by atoms with van der Waals surface area (Å²) in [4.78, 5) is 2.30. The van der Waals surface area contributed by atoms with Crippen molar-refractivity contribution in [1.82, 2.24) is 4.90 Å². The first kappa shape index (κ1) is 13.8. The lowest BCUT2D eigenvalue weighted by Crippen LogP contribution is -2.19. The summed E-state index contributed by atoms with van der Waals surface area (Å²) in [7, 11) is 2.13. The summed E-state index contributed by atoms with van der Waals surface area (Å²) in [6, 6.07) is 8.02. The van der Waals surface area contributed by atoms with Crippen molar-refractivity contribution >= 4 is 23.2 Å². The highest BCUT2D eigenvalue weighted by Crippen LogP contribution is 2.16. The lowest BCUT2D eigenvalue weighted by atomic mass is 10.2. The number of halogens is 2. The fourth-order valence-electron chi connectivity index (χ4n) is 1.65. The second kappa shape index (κ2) is 7.94. The van der Waals surface area contributed by atoms with E-state index in [1.165, 1.54) is 18.4 Å². The van der Waals surface area contributed by atoms with Crippen LogP contribution in [0.5, 0.6) is 0 Å². The Hall–Kier alpha value is -0.240. The summed E-state index contributed by atoms with van der Waals surface area (Å²) < 4.78 is 0. The topological polar surface area (TPSA) is 3.24 Å². The lowest BCUT2D eigenvalue weighted by Gasteiger charge is -2.17. The van der Waals surface area contributed by atoms with E-state index in [0.29, 0.717) is 0 Å². The van der Waals surface area contributed by atoms with Crippen LogP contribution in [0.15, 0.2) is 24.3 Å². The molecule has 16 heavy (non-hydrogen) atoms. The Labute approximate surface area is 108 Å². The molecule has 3 heteroatoms. The van der Waals surface area contributed by atoms with Gasteiger partial charge in [-0.1, -0.05) is 36.2 Å². The standard InChI is InChI=1S/C13H19Cl2N/c1-16(10-6-2-5-9-14)11-12-7-3-4-8-13(12)15/h3-4,7-8H,2,5-6,9-11H2,1H3. The van der Waals surface area contributed by atoms with Gasteiger partial charge in [0.2, 0.25) is 0 Å². The summed E-state index contributed by atoms with van der Waals surface area (Å²) in [6.45, 7) is 2.02. The molecule has 0 N–H and O–H groups in total. The van der Waals surface area contributed by atoms with Crippen molar-refractivity contribution in [1.29, 1.82) is 0 Å². The van der Waals surface area contributed by atoms with Gasteiger partial charge in [-0.2, -0.15) is 0 Å². The highest BCUT2D eigenvalue weighted by Gasteiger charge is 2.03. The van der Waals surface area contributed by atoms with E-state index in [9.17, 15) is 0 Å². The van der Waals surface area contributed by atoms with Crippen molar-refractivity contribution in [3.05, 3.63) is 34.9 Å². The maximum Gasteiger partial charge on any atom is 0.0451 e. The molecule has 0 aliphatic rings. The van der Waals surface area contributed by atoms with E-state index in [1.54, 1.807) is 0 Å². The average Bonchev–Trinajstić information content (AvgIpc) is 2.28. The minimum Gasteiger partial charge on any atom is -0.302 e. The van der Waals surface area contributed by atoms with E-state index in [4.69, 9.17) is 23.2 Å². The Morgan fingerprint density at radius 1 is 1.12 bits per heavy atom. The number of nitrogens with zero attached hydrogens (tertiary/aromatic N) is 1. The zero-order valence-corrected chi connectivity index (χ0v) is 11.3. The van der Waals surface area contributed by atoms with Crippen molar-refractivity contribution in [2.24, 2.45) is 0 Å². The second-order valence-electron chi connectivity index (χ2n) is 4.08. The van der Waals surface area contributed by atoms with Crippen molar-refractivity contribution in [3.8, 4) is 0 Å². The molecule has 0 amide bonds. The molecule has 0 aliphatic heterocycles. The zero-order valence-electron chi connectivity index (χ0n) is 9.76. The molecule has 0 saturated heterocycles. The molecule has 1 aromatic rings. The summed E-state index contributed by atoms with van der Waals surface area (Å²) in [5, 5.41) is 0.857. The number of alkyl halides is 1. The van der Waals surface area contributed by atoms with Crippen LogP contribution >= 0.6 is 23.2 Å². The van der Waals surface area contributed by atoms with E-state index in [-0.39, 0.29) is 0 Å². The summed E-state index contributed by atoms with van der Waals surface area (Å²) in [5.74, 6) is 0.772. The number of benzene rings is 1. The predicted molar refractivity (Wildman–Crippen MR) is 72.4 cm³/mol. The minimum absolute atomic E-state index is 0.772. The van der Waals surface area contributed by atoms with Gasteiger partial charge >= 0.3 is 0 Å². The third-order valence-electron chi connectivity index (χ3n) is 2.57. The molecule has 90 valence electrons. The highest BCUT2D eigenvalue weighted by atomic mass is 35.5. The third kappa shape index (κ3) is 5.20. The maximum absolute atomic E-state index is 6.11. The Morgan fingerprint density at radius 2 is 1.88 bits per heavy atom. The van der Waals surface area contributed by atoms with E-state index < -0.39 is 0 Å². The van der Waals surface area contributed by atoms with Crippen LogP contribution in [0.2, 0.25) is 5.02 Å². The normalized spacial score (nSPS) is 11.0. The Balaban J connectivity index is 2.28. The monoisotopic (exact) mass is 259 g/mol. The molecule has 0 heterocycles. The maximum atomic E-state index is 6.11. The van der Waals surface area contributed by atoms with Crippen LogP contribution < -0.4 is 0 Å². The molecule has 0 atom stereocenters. The lowest BCUT2D eigenvalue weighted by molar-refractivity contribution is 0.318. The van der Waals surface area contributed by atoms with E-state index in [2.05, 4.69) is 18.0 Å². The molecule has 1 rings (SSSR count). The first-order valence-electron chi connectivity index (χ1n) is 5.72. The van der Waals surface area contributed by atoms with Gasteiger partial charge in [0, 0.05) is 17.4 Å². The van der Waals surface area contributed by atoms with Crippen LogP contribution in [0.3, 0.4) is 0 Å². The number of unbranched alkanes of at least 4 members (excludes halogenated alkanes) is 2. The van der Waals surface area contributed by atoms with Crippen molar-refractivity contribution in [3.63, 3.8) is 0 Å². The van der Waals surface area contributed by atoms with Gasteiger partial charge in [0.05, 0.1) is 0 Å². The van der Waals surface area contributed by atoms with Crippen LogP contribution in [0, 0.1) is 0 Å². The van der Waals surface area contributed by atoms with Gasteiger partial charge in [-0.3, -0.25) is 0 Å². The Bertz CT molecular complexity index is 302. The molecule has 0 saturated carbocycles. The van der Waals surface area contributed by atoms with Crippen LogP contribution in [0.1, 0.15) is 24.8 Å². The van der Waals surface area contributed by atoms with Crippen LogP contribution in [0.4, 0.5) is 0 Å². The van der Waals surface area contributed by atoms with Crippen LogP contribution in [-0.2, 0) is 6.54 Å². The highest BCUT2D eigenvalue weighted by molar-refractivity contribution is 6.31. The van der Waals surface area contributed by atoms with E-state index in [0.717, 1.165) is 30.4 Å². The molecular formula is C13H19Cl2N. The van der Waals surface area contributed by atoms with Gasteiger partial charge < -0.3 is 4.90 Å². The molecule has 0 fully saturated rings. The van der Waals surface area contributed by atoms with Crippen molar-refractivity contribution in [2.45, 2.75) is 25.8 Å². The molecule has 0 unspecified atom stereocenters. The average molecular weight is 260 g/mol. The molecule has 0 bridgehead atoms. The fraction of sp³-hybridized carbons (Fsp3) is 0.538. The summed E-state index contributed by atoms with van der Waals surface area (Å²) in [5.41, 5.74) is 1.20. The predicted octanol–water partition coefficient (Wildman–Crippen LogP) is 4.18. The van der Waals surface area contributed by atoms with Gasteiger partial charge in [-0.25, -0.2) is 0 Å². The fourth-order valence-corrected chi connectivity index (χ4v) is 2.03.